The number of rotatable bonds is 4. The van der Waals surface area contributed by atoms with Gasteiger partial charge in [0.05, 0.1) is 28.6 Å². The molecule has 0 unspecified atom stereocenters. The fourth-order valence-electron chi connectivity index (χ4n) is 8.22. The van der Waals surface area contributed by atoms with Crippen LogP contribution >= 0.6 is 0 Å². The van der Waals surface area contributed by atoms with Crippen molar-refractivity contribution in [2.24, 2.45) is 0 Å². The molecule has 0 saturated heterocycles. The smallest absolute Gasteiger partial charge is 0.348 e. The van der Waals surface area contributed by atoms with Crippen LogP contribution in [0.15, 0.2) is 112 Å². The molecule has 10 heteroatoms. The number of hydrogen-bond acceptors (Lipinski definition) is 10. The van der Waals surface area contributed by atoms with Gasteiger partial charge in [0.25, 0.3) is 0 Å². The Bertz CT molecular complexity index is 2800. The van der Waals surface area contributed by atoms with E-state index in [4.69, 9.17) is 17.7 Å². The van der Waals surface area contributed by atoms with Crippen molar-refractivity contribution in [3.63, 3.8) is 0 Å². The van der Waals surface area contributed by atoms with Gasteiger partial charge in [-0.3, -0.25) is 0 Å². The molecule has 276 valence electrons. The third-order valence-corrected chi connectivity index (χ3v) is 10.4. The van der Waals surface area contributed by atoms with Crippen LogP contribution in [0.1, 0.15) is 52.7 Å². The van der Waals surface area contributed by atoms with Crippen LogP contribution in [-0.4, -0.2) is 17.7 Å². The Morgan fingerprint density at radius 2 is 0.964 bits per heavy atom. The van der Waals surface area contributed by atoms with Gasteiger partial charge in [0, 0.05) is 35.5 Å². The summed E-state index contributed by atoms with van der Waals surface area (Å²) in [6, 6.07) is 27.7. The Labute approximate surface area is 315 Å². The topological polar surface area (TPSA) is 117 Å². The number of para-hydroxylation sites is 2. The average Bonchev–Trinajstić information content (AvgIpc) is 3.69. The molecule has 0 saturated carbocycles. The standard InChI is InChI=1S/C45H40N4O6/c1-44(2,3)46-40-34(36-38(54-40)28-11-7-9-13-32(28)52-42(36)50)24-15-17-30-26(19-24)21-48-23-49(30)22-27-20-25(16-18-31(27)48)35-37-39(55-41(35)47-45(4,5)6)29-12-8-10-14-33(29)53-43(37)51/h7-20,46-47H,21-23H2,1-6H3. The molecule has 0 aliphatic carbocycles. The van der Waals surface area contributed by atoms with E-state index in [1.807, 2.05) is 36.4 Å². The zero-order chi connectivity index (χ0) is 38.0. The number of benzene rings is 4. The third-order valence-electron chi connectivity index (χ3n) is 10.4. The van der Waals surface area contributed by atoms with Gasteiger partial charge in [0.15, 0.2) is 11.2 Å². The van der Waals surface area contributed by atoms with Crippen LogP contribution in [-0.2, 0) is 13.1 Å². The van der Waals surface area contributed by atoms with E-state index in [9.17, 15) is 9.59 Å². The molecule has 4 aromatic heterocycles. The highest BCUT2D eigenvalue weighted by molar-refractivity contribution is 6.11. The van der Waals surface area contributed by atoms with Crippen LogP contribution in [0.2, 0.25) is 0 Å². The summed E-state index contributed by atoms with van der Waals surface area (Å²) in [4.78, 5) is 31.9. The molecule has 2 bridgehead atoms. The highest BCUT2D eigenvalue weighted by atomic mass is 16.4. The Hall–Kier alpha value is -6.42. The molecule has 0 amide bonds. The normalized spacial score (nSPS) is 14.2. The summed E-state index contributed by atoms with van der Waals surface area (Å²) in [5.41, 5.74) is 8.17. The lowest BCUT2D eigenvalue weighted by Crippen LogP contribution is -2.46. The van der Waals surface area contributed by atoms with Crippen molar-refractivity contribution in [1.82, 2.24) is 0 Å². The Kier molecular flexibility index (Phi) is 6.96. The lowest BCUT2D eigenvalue weighted by molar-refractivity contribution is 0.556. The van der Waals surface area contributed by atoms with Crippen molar-refractivity contribution in [1.29, 1.82) is 0 Å². The number of nitrogens with zero attached hydrogens (tertiary/aromatic N) is 2. The Balaban J connectivity index is 1.07. The second-order valence-corrected chi connectivity index (χ2v) is 16.8. The van der Waals surface area contributed by atoms with Crippen LogP contribution in [0, 0.1) is 0 Å². The summed E-state index contributed by atoms with van der Waals surface area (Å²) >= 11 is 0. The predicted molar refractivity (Wildman–Crippen MR) is 219 cm³/mol. The summed E-state index contributed by atoms with van der Waals surface area (Å²) in [6.45, 7) is 14.5. The molecule has 0 fully saturated rings. The van der Waals surface area contributed by atoms with E-state index in [-0.39, 0.29) is 11.1 Å². The second kappa shape index (κ2) is 11.5. The van der Waals surface area contributed by atoms with Crippen LogP contribution in [0.4, 0.5) is 23.1 Å². The SMILES string of the molecule is CC(C)(C)Nc1oc2c(c1-c1ccc3c(c1)CN1CN3Cc3cc(-c4c(NC(C)(C)C)oc5c4c(=O)oc4ccccc45)ccc31)c(=O)oc1ccccc12. The molecule has 0 radical (unpaired) electrons. The number of hydrogen-bond donors (Lipinski definition) is 2. The monoisotopic (exact) mass is 732 g/mol. The molecule has 8 aromatic rings. The van der Waals surface area contributed by atoms with Gasteiger partial charge in [-0.1, -0.05) is 36.4 Å². The third kappa shape index (κ3) is 5.38. The van der Waals surface area contributed by atoms with E-state index in [1.54, 1.807) is 12.1 Å². The van der Waals surface area contributed by atoms with Crippen LogP contribution < -0.4 is 31.7 Å². The summed E-state index contributed by atoms with van der Waals surface area (Å²) in [5, 5.41) is 9.38. The highest BCUT2D eigenvalue weighted by Gasteiger charge is 2.33. The molecule has 10 nitrogen and oxygen atoms in total. The van der Waals surface area contributed by atoms with Crippen molar-refractivity contribution < 1.29 is 17.7 Å². The summed E-state index contributed by atoms with van der Waals surface area (Å²) in [7, 11) is 0. The first-order valence-electron chi connectivity index (χ1n) is 18.6. The van der Waals surface area contributed by atoms with Crippen molar-refractivity contribution in [2.75, 3.05) is 27.1 Å². The summed E-state index contributed by atoms with van der Waals surface area (Å²) in [5.74, 6) is 1.07. The number of fused-ring (bicyclic) bond motifs is 12. The molecule has 0 spiro atoms. The van der Waals surface area contributed by atoms with Gasteiger partial charge in [0.2, 0.25) is 11.8 Å². The first kappa shape index (κ1) is 33.2. The molecule has 2 N–H and O–H groups in total. The molecule has 6 heterocycles. The maximum atomic E-state index is 13.6. The molecule has 2 aliphatic heterocycles. The Morgan fingerprint density at radius 3 is 1.38 bits per heavy atom. The minimum absolute atomic E-state index is 0.325. The molecular weight excluding hydrogens is 693 g/mol. The van der Waals surface area contributed by atoms with Crippen molar-refractivity contribution in [2.45, 2.75) is 65.7 Å². The van der Waals surface area contributed by atoms with Crippen molar-refractivity contribution in [3.05, 3.63) is 117 Å². The maximum absolute atomic E-state index is 13.6. The van der Waals surface area contributed by atoms with Crippen molar-refractivity contribution in [3.8, 4) is 22.3 Å². The summed E-state index contributed by atoms with van der Waals surface area (Å²) in [6.07, 6.45) is 0. The molecule has 0 atom stereocenters. The van der Waals surface area contributed by atoms with Crippen LogP contribution in [0.25, 0.3) is 66.1 Å². The molecule has 2 aliphatic rings. The first-order valence-corrected chi connectivity index (χ1v) is 18.6. The first-order chi connectivity index (χ1) is 26.3. The van der Waals surface area contributed by atoms with E-state index < -0.39 is 11.3 Å². The lowest BCUT2D eigenvalue weighted by atomic mass is 9.94. The minimum Gasteiger partial charge on any atom is -0.439 e. The minimum atomic E-state index is -0.432. The van der Waals surface area contributed by atoms with Gasteiger partial charge in [-0.2, -0.15) is 0 Å². The van der Waals surface area contributed by atoms with Gasteiger partial charge in [0.1, 0.15) is 21.9 Å². The molecule has 55 heavy (non-hydrogen) atoms. The largest absolute Gasteiger partial charge is 0.439 e. The quantitative estimate of drug-likeness (QED) is 0.169. The maximum Gasteiger partial charge on any atom is 0.348 e. The van der Waals surface area contributed by atoms with Crippen molar-refractivity contribution >= 4 is 67.0 Å². The van der Waals surface area contributed by atoms with E-state index in [2.05, 4.69) is 98.4 Å². The highest BCUT2D eigenvalue weighted by Crippen LogP contribution is 2.47. The molecular formula is C45H40N4O6. The average molecular weight is 733 g/mol. The van der Waals surface area contributed by atoms with Gasteiger partial charge < -0.3 is 38.1 Å². The molecule has 4 aromatic carbocycles. The van der Waals surface area contributed by atoms with E-state index in [1.165, 1.54) is 0 Å². The fourth-order valence-corrected chi connectivity index (χ4v) is 8.22. The lowest BCUT2D eigenvalue weighted by Gasteiger charge is -2.45. The van der Waals surface area contributed by atoms with Gasteiger partial charge >= 0.3 is 11.3 Å². The van der Waals surface area contributed by atoms with Gasteiger partial charge in [-0.15, -0.1) is 0 Å². The number of anilines is 4. The van der Waals surface area contributed by atoms with E-state index in [0.717, 1.165) is 51.1 Å². The van der Waals surface area contributed by atoms with Crippen LogP contribution in [0.3, 0.4) is 0 Å². The Morgan fingerprint density at radius 1 is 0.545 bits per heavy atom. The van der Waals surface area contributed by atoms with Crippen LogP contribution in [0.5, 0.6) is 0 Å². The van der Waals surface area contributed by atoms with Gasteiger partial charge in [-0.25, -0.2) is 9.59 Å². The molecule has 10 rings (SSSR count). The van der Waals surface area contributed by atoms with Gasteiger partial charge in [-0.05, 0) is 112 Å². The predicted octanol–water partition coefficient (Wildman–Crippen LogP) is 10.4. The summed E-state index contributed by atoms with van der Waals surface area (Å²) < 4.78 is 24.6. The van der Waals surface area contributed by atoms with E-state index >= 15 is 0 Å². The zero-order valence-electron chi connectivity index (χ0n) is 31.5. The van der Waals surface area contributed by atoms with E-state index in [0.29, 0.717) is 69.1 Å². The zero-order valence-corrected chi connectivity index (χ0v) is 31.5. The number of furan rings is 2. The second-order valence-electron chi connectivity index (χ2n) is 16.8. The number of nitrogens with one attached hydrogen (secondary N) is 2. The fraction of sp³-hybridized carbons (Fsp3) is 0.244.